The average molecular weight is 203 g/mol. The Morgan fingerprint density at radius 2 is 2.21 bits per heavy atom. The molecule has 5 nitrogen and oxygen atoms in total. The lowest BCUT2D eigenvalue weighted by Gasteiger charge is -2.23. The Morgan fingerprint density at radius 3 is 2.57 bits per heavy atom. The Bertz CT molecular complexity index is 229. The summed E-state index contributed by atoms with van der Waals surface area (Å²) in [5.74, 6) is -2.19. The quantitative estimate of drug-likeness (QED) is 0.684. The van der Waals surface area contributed by atoms with Gasteiger partial charge in [0.1, 0.15) is 6.10 Å². The van der Waals surface area contributed by atoms with Crippen molar-refractivity contribution in [2.75, 3.05) is 6.61 Å². The van der Waals surface area contributed by atoms with Crippen molar-refractivity contribution < 1.29 is 19.4 Å². The summed E-state index contributed by atoms with van der Waals surface area (Å²) in [5.41, 5.74) is 5.76. The first-order valence-corrected chi connectivity index (χ1v) is 4.63. The van der Waals surface area contributed by atoms with Crippen LogP contribution in [-0.2, 0) is 14.3 Å². The third kappa shape index (κ3) is 2.43. The van der Waals surface area contributed by atoms with E-state index in [2.05, 4.69) is 0 Å². The molecule has 0 amide bonds. The predicted octanol–water partition coefficient (Wildman–Crippen LogP) is 0.186. The SMILES string of the molecule is C[C@@H](C(=O)O)[C@@H](N)[C@H]1COC(C)(C)O1. The molecule has 1 rings (SSSR count). The number of carbonyl (C=O) groups is 1. The first kappa shape index (κ1) is 11.4. The number of ether oxygens (including phenoxy) is 2. The molecule has 0 aromatic heterocycles. The highest BCUT2D eigenvalue weighted by atomic mass is 16.7. The Labute approximate surface area is 83.2 Å². The van der Waals surface area contributed by atoms with E-state index in [1.165, 1.54) is 0 Å². The van der Waals surface area contributed by atoms with Gasteiger partial charge in [-0.1, -0.05) is 6.92 Å². The fourth-order valence-corrected chi connectivity index (χ4v) is 1.39. The van der Waals surface area contributed by atoms with Gasteiger partial charge in [-0.05, 0) is 13.8 Å². The lowest BCUT2D eigenvalue weighted by molar-refractivity contribution is -0.151. The fourth-order valence-electron chi connectivity index (χ4n) is 1.39. The van der Waals surface area contributed by atoms with Gasteiger partial charge in [0, 0.05) is 6.04 Å². The van der Waals surface area contributed by atoms with Gasteiger partial charge in [-0.15, -0.1) is 0 Å². The molecule has 1 aliphatic rings. The van der Waals surface area contributed by atoms with Gasteiger partial charge in [0.2, 0.25) is 0 Å². The van der Waals surface area contributed by atoms with Crippen molar-refractivity contribution in [1.29, 1.82) is 0 Å². The molecule has 0 aromatic carbocycles. The highest BCUT2D eigenvalue weighted by Gasteiger charge is 2.39. The van der Waals surface area contributed by atoms with Crippen LogP contribution in [0.25, 0.3) is 0 Å². The lowest BCUT2D eigenvalue weighted by atomic mass is 9.98. The van der Waals surface area contributed by atoms with Crippen LogP contribution in [-0.4, -0.2) is 35.6 Å². The zero-order chi connectivity index (χ0) is 10.9. The van der Waals surface area contributed by atoms with E-state index in [0.29, 0.717) is 6.61 Å². The number of hydrogen-bond acceptors (Lipinski definition) is 4. The molecule has 0 saturated carbocycles. The van der Waals surface area contributed by atoms with Gasteiger partial charge in [-0.3, -0.25) is 4.79 Å². The van der Waals surface area contributed by atoms with Crippen molar-refractivity contribution in [3.05, 3.63) is 0 Å². The van der Waals surface area contributed by atoms with Gasteiger partial charge >= 0.3 is 5.97 Å². The number of carboxylic acid groups (broad SMARTS) is 1. The van der Waals surface area contributed by atoms with Gasteiger partial charge in [0.15, 0.2) is 5.79 Å². The Balaban J connectivity index is 2.55. The summed E-state index contributed by atoms with van der Waals surface area (Å²) in [7, 11) is 0. The largest absolute Gasteiger partial charge is 0.481 e. The minimum absolute atomic E-state index is 0.337. The van der Waals surface area contributed by atoms with E-state index < -0.39 is 23.7 Å². The second-order valence-corrected chi connectivity index (χ2v) is 4.07. The maximum absolute atomic E-state index is 10.7. The van der Waals surface area contributed by atoms with Gasteiger partial charge in [0.05, 0.1) is 12.5 Å². The number of aliphatic carboxylic acids is 1. The molecule has 82 valence electrons. The van der Waals surface area contributed by atoms with Crippen LogP contribution in [0, 0.1) is 5.92 Å². The molecule has 3 N–H and O–H groups in total. The van der Waals surface area contributed by atoms with E-state index in [9.17, 15) is 4.79 Å². The highest BCUT2D eigenvalue weighted by Crippen LogP contribution is 2.25. The molecular formula is C9H17NO4. The summed E-state index contributed by atoms with van der Waals surface area (Å²) in [6, 6.07) is -0.533. The zero-order valence-electron chi connectivity index (χ0n) is 8.69. The van der Waals surface area contributed by atoms with Crippen LogP contribution in [0.15, 0.2) is 0 Å². The maximum atomic E-state index is 10.7. The van der Waals surface area contributed by atoms with Crippen LogP contribution in [0.4, 0.5) is 0 Å². The zero-order valence-corrected chi connectivity index (χ0v) is 8.69. The van der Waals surface area contributed by atoms with E-state index >= 15 is 0 Å². The lowest BCUT2D eigenvalue weighted by Crippen LogP contribution is -2.45. The molecule has 5 heteroatoms. The molecule has 0 unspecified atom stereocenters. The fraction of sp³-hybridized carbons (Fsp3) is 0.889. The summed E-state index contributed by atoms with van der Waals surface area (Å²) in [6.45, 7) is 5.49. The van der Waals surface area contributed by atoms with E-state index in [0.717, 1.165) is 0 Å². The maximum Gasteiger partial charge on any atom is 0.307 e. The van der Waals surface area contributed by atoms with Crippen LogP contribution in [0.5, 0.6) is 0 Å². The van der Waals surface area contributed by atoms with Gasteiger partial charge in [-0.25, -0.2) is 0 Å². The molecule has 1 aliphatic heterocycles. The Kier molecular flexibility index (Phi) is 3.14. The molecule has 0 bridgehead atoms. The normalized spacial score (nSPS) is 29.9. The first-order chi connectivity index (χ1) is 6.33. The highest BCUT2D eigenvalue weighted by molar-refractivity contribution is 5.70. The molecular weight excluding hydrogens is 186 g/mol. The summed E-state index contributed by atoms with van der Waals surface area (Å²) in [5, 5.41) is 8.77. The van der Waals surface area contributed by atoms with Crippen molar-refractivity contribution >= 4 is 5.97 Å². The second kappa shape index (κ2) is 3.84. The van der Waals surface area contributed by atoms with Crippen LogP contribution in [0.1, 0.15) is 20.8 Å². The first-order valence-electron chi connectivity index (χ1n) is 4.63. The van der Waals surface area contributed by atoms with Crippen LogP contribution >= 0.6 is 0 Å². The number of nitrogens with two attached hydrogens (primary N) is 1. The molecule has 1 heterocycles. The Morgan fingerprint density at radius 1 is 1.64 bits per heavy atom. The van der Waals surface area contributed by atoms with Gasteiger partial charge in [0.25, 0.3) is 0 Å². The van der Waals surface area contributed by atoms with Crippen LogP contribution in [0.3, 0.4) is 0 Å². The van der Waals surface area contributed by atoms with Crippen LogP contribution in [0.2, 0.25) is 0 Å². The molecule has 1 fully saturated rings. The van der Waals surface area contributed by atoms with Crippen molar-refractivity contribution in [3.63, 3.8) is 0 Å². The minimum Gasteiger partial charge on any atom is -0.481 e. The standard InChI is InChI=1S/C9H17NO4/c1-5(8(11)12)7(10)6-4-13-9(2,3)14-6/h5-7H,4,10H2,1-3H3,(H,11,12)/t5-,6-,7-/m1/s1. The summed E-state index contributed by atoms with van der Waals surface area (Å²) in [6.07, 6.45) is -0.337. The monoisotopic (exact) mass is 203 g/mol. The van der Waals surface area contributed by atoms with E-state index in [4.69, 9.17) is 20.3 Å². The molecule has 0 aliphatic carbocycles. The molecule has 0 spiro atoms. The molecule has 0 radical (unpaired) electrons. The number of rotatable bonds is 3. The summed E-state index contributed by atoms with van der Waals surface area (Å²) >= 11 is 0. The van der Waals surface area contributed by atoms with Gasteiger partial charge in [-0.2, -0.15) is 0 Å². The molecule has 3 atom stereocenters. The van der Waals surface area contributed by atoms with Gasteiger partial charge < -0.3 is 20.3 Å². The van der Waals surface area contributed by atoms with Crippen LogP contribution < -0.4 is 5.73 Å². The van der Waals surface area contributed by atoms with Crippen molar-refractivity contribution in [1.82, 2.24) is 0 Å². The topological polar surface area (TPSA) is 81.8 Å². The van der Waals surface area contributed by atoms with E-state index in [1.54, 1.807) is 20.8 Å². The van der Waals surface area contributed by atoms with Crippen molar-refractivity contribution in [3.8, 4) is 0 Å². The third-order valence-corrected chi connectivity index (χ3v) is 2.43. The minimum atomic E-state index is -0.911. The third-order valence-electron chi connectivity index (χ3n) is 2.43. The predicted molar refractivity (Wildman–Crippen MR) is 49.7 cm³/mol. The molecule has 0 aromatic rings. The second-order valence-electron chi connectivity index (χ2n) is 4.07. The molecule has 14 heavy (non-hydrogen) atoms. The Hall–Kier alpha value is -0.650. The van der Waals surface area contributed by atoms with Crippen molar-refractivity contribution in [2.45, 2.75) is 38.7 Å². The number of hydrogen-bond donors (Lipinski definition) is 2. The van der Waals surface area contributed by atoms with E-state index in [-0.39, 0.29) is 6.10 Å². The smallest absolute Gasteiger partial charge is 0.307 e. The van der Waals surface area contributed by atoms with Crippen molar-refractivity contribution in [2.24, 2.45) is 11.7 Å². The summed E-state index contributed by atoms with van der Waals surface area (Å²) in [4.78, 5) is 10.7. The molecule has 1 saturated heterocycles. The average Bonchev–Trinajstić information content (AvgIpc) is 2.43. The summed E-state index contributed by atoms with van der Waals surface area (Å²) < 4.78 is 10.8. The van der Waals surface area contributed by atoms with E-state index in [1.807, 2.05) is 0 Å². The number of carboxylic acids is 1.